The minimum Gasteiger partial charge on any atom is -0.357 e. The Kier molecular flexibility index (Phi) is 11.9. The lowest BCUT2D eigenvalue weighted by Gasteiger charge is -2.31. The van der Waals surface area contributed by atoms with E-state index in [1.807, 2.05) is 0 Å². The van der Waals surface area contributed by atoms with Gasteiger partial charge in [0.25, 0.3) is 0 Å². The normalized spacial score (nSPS) is 18.5. The van der Waals surface area contributed by atoms with Crippen molar-refractivity contribution >= 4 is 29.9 Å². The maximum Gasteiger partial charge on any atom is 0.191 e. The minimum atomic E-state index is 0. The SMILES string of the molecule is CCNC(=NCC1CCCN(CC)C1)NCCCc1ccccc1.I. The fraction of sp³-hybridized carbons (Fsp3) is 0.650. The van der Waals surface area contributed by atoms with E-state index in [1.54, 1.807) is 0 Å². The number of hydrogen-bond donors (Lipinski definition) is 2. The predicted octanol–water partition coefficient (Wildman–Crippen LogP) is 3.52. The van der Waals surface area contributed by atoms with Crippen LogP contribution in [0, 0.1) is 5.92 Å². The van der Waals surface area contributed by atoms with Gasteiger partial charge in [0, 0.05) is 26.2 Å². The number of nitrogens with one attached hydrogen (secondary N) is 2. The van der Waals surface area contributed by atoms with Crippen molar-refractivity contribution in [3.63, 3.8) is 0 Å². The molecular formula is C20H35IN4. The molecule has 2 rings (SSSR count). The van der Waals surface area contributed by atoms with Crippen LogP contribution in [-0.2, 0) is 6.42 Å². The molecule has 0 aromatic heterocycles. The van der Waals surface area contributed by atoms with E-state index in [1.165, 1.54) is 31.5 Å². The Morgan fingerprint density at radius 2 is 2.00 bits per heavy atom. The molecule has 1 atom stereocenters. The summed E-state index contributed by atoms with van der Waals surface area (Å²) in [6.45, 7) is 10.8. The van der Waals surface area contributed by atoms with Gasteiger partial charge < -0.3 is 15.5 Å². The summed E-state index contributed by atoms with van der Waals surface area (Å²) in [5, 5.41) is 6.85. The molecule has 1 unspecified atom stereocenters. The highest BCUT2D eigenvalue weighted by Gasteiger charge is 2.18. The van der Waals surface area contributed by atoms with E-state index < -0.39 is 0 Å². The number of aryl methyl sites for hydroxylation is 1. The van der Waals surface area contributed by atoms with Gasteiger partial charge in [-0.15, -0.1) is 24.0 Å². The van der Waals surface area contributed by atoms with Crippen LogP contribution in [0.1, 0.15) is 38.7 Å². The lowest BCUT2D eigenvalue weighted by Crippen LogP contribution is -2.40. The second kappa shape index (κ2) is 13.4. The van der Waals surface area contributed by atoms with Crippen LogP contribution in [0.3, 0.4) is 0 Å². The van der Waals surface area contributed by atoms with Crippen LogP contribution in [-0.4, -0.2) is 50.1 Å². The van der Waals surface area contributed by atoms with Crippen molar-refractivity contribution in [2.75, 3.05) is 39.3 Å². The van der Waals surface area contributed by atoms with E-state index in [-0.39, 0.29) is 24.0 Å². The number of piperidine rings is 1. The summed E-state index contributed by atoms with van der Waals surface area (Å²) in [4.78, 5) is 7.36. The Morgan fingerprint density at radius 1 is 1.20 bits per heavy atom. The van der Waals surface area contributed by atoms with Crippen LogP contribution >= 0.6 is 24.0 Å². The second-order valence-electron chi connectivity index (χ2n) is 6.64. The van der Waals surface area contributed by atoms with Crippen molar-refractivity contribution < 1.29 is 0 Å². The second-order valence-corrected chi connectivity index (χ2v) is 6.64. The van der Waals surface area contributed by atoms with Gasteiger partial charge >= 0.3 is 0 Å². The molecule has 4 nitrogen and oxygen atoms in total. The molecule has 0 amide bonds. The Bertz CT molecular complexity index is 478. The van der Waals surface area contributed by atoms with Crippen LogP contribution < -0.4 is 10.6 Å². The van der Waals surface area contributed by atoms with E-state index in [0.29, 0.717) is 5.92 Å². The zero-order valence-corrected chi connectivity index (χ0v) is 18.2. The molecule has 1 aliphatic rings. The smallest absolute Gasteiger partial charge is 0.191 e. The fourth-order valence-electron chi connectivity index (χ4n) is 3.29. The Labute approximate surface area is 170 Å². The van der Waals surface area contributed by atoms with Crippen molar-refractivity contribution in [2.24, 2.45) is 10.9 Å². The number of aliphatic imine (C=N–C) groups is 1. The molecule has 1 aromatic carbocycles. The monoisotopic (exact) mass is 458 g/mol. The summed E-state index contributed by atoms with van der Waals surface area (Å²) >= 11 is 0. The average molecular weight is 458 g/mol. The highest BCUT2D eigenvalue weighted by atomic mass is 127. The van der Waals surface area contributed by atoms with E-state index in [2.05, 4.69) is 59.7 Å². The van der Waals surface area contributed by atoms with E-state index >= 15 is 0 Å². The average Bonchev–Trinajstić information content (AvgIpc) is 2.64. The maximum atomic E-state index is 4.82. The Morgan fingerprint density at radius 3 is 2.72 bits per heavy atom. The number of rotatable bonds is 8. The molecule has 1 saturated heterocycles. The molecular weight excluding hydrogens is 423 g/mol. The molecule has 5 heteroatoms. The van der Waals surface area contributed by atoms with Gasteiger partial charge in [-0.3, -0.25) is 4.99 Å². The molecule has 0 saturated carbocycles. The van der Waals surface area contributed by atoms with E-state index in [0.717, 1.165) is 45.0 Å². The van der Waals surface area contributed by atoms with Gasteiger partial charge in [0.05, 0.1) is 0 Å². The summed E-state index contributed by atoms with van der Waals surface area (Å²) in [6, 6.07) is 10.7. The summed E-state index contributed by atoms with van der Waals surface area (Å²) < 4.78 is 0. The lowest BCUT2D eigenvalue weighted by molar-refractivity contribution is 0.186. The third-order valence-electron chi connectivity index (χ3n) is 4.68. The first-order valence-corrected chi connectivity index (χ1v) is 9.60. The van der Waals surface area contributed by atoms with E-state index in [9.17, 15) is 0 Å². The largest absolute Gasteiger partial charge is 0.357 e. The highest BCUT2D eigenvalue weighted by Crippen LogP contribution is 2.16. The number of hydrogen-bond acceptors (Lipinski definition) is 2. The molecule has 0 aliphatic carbocycles. The summed E-state index contributed by atoms with van der Waals surface area (Å²) in [5.74, 6) is 1.68. The lowest BCUT2D eigenvalue weighted by atomic mass is 9.98. The first kappa shape index (κ1) is 22.2. The predicted molar refractivity (Wildman–Crippen MR) is 119 cm³/mol. The van der Waals surface area contributed by atoms with Gasteiger partial charge in [-0.2, -0.15) is 0 Å². The summed E-state index contributed by atoms with van der Waals surface area (Å²) in [6.07, 6.45) is 4.87. The number of benzene rings is 1. The van der Waals surface area contributed by atoms with Crippen molar-refractivity contribution in [2.45, 2.75) is 39.5 Å². The molecule has 0 radical (unpaired) electrons. The Hall–Kier alpha value is -0.820. The van der Waals surface area contributed by atoms with Crippen LogP contribution in [0.4, 0.5) is 0 Å². The van der Waals surface area contributed by atoms with Crippen molar-refractivity contribution in [1.82, 2.24) is 15.5 Å². The van der Waals surface area contributed by atoms with Crippen LogP contribution in [0.5, 0.6) is 0 Å². The van der Waals surface area contributed by atoms with Crippen molar-refractivity contribution in [3.8, 4) is 0 Å². The fourth-order valence-corrected chi connectivity index (χ4v) is 3.29. The maximum absolute atomic E-state index is 4.82. The van der Waals surface area contributed by atoms with Gasteiger partial charge in [-0.05, 0) is 57.2 Å². The Balaban J connectivity index is 0.00000312. The first-order valence-electron chi connectivity index (χ1n) is 9.60. The molecule has 1 heterocycles. The zero-order chi connectivity index (χ0) is 17.0. The number of halogens is 1. The van der Waals surface area contributed by atoms with Crippen LogP contribution in [0.2, 0.25) is 0 Å². The molecule has 1 aromatic rings. The van der Waals surface area contributed by atoms with Gasteiger partial charge in [0.15, 0.2) is 5.96 Å². The minimum absolute atomic E-state index is 0. The van der Waals surface area contributed by atoms with Gasteiger partial charge in [-0.1, -0.05) is 37.3 Å². The van der Waals surface area contributed by atoms with Crippen LogP contribution in [0.25, 0.3) is 0 Å². The van der Waals surface area contributed by atoms with E-state index in [4.69, 9.17) is 4.99 Å². The third-order valence-corrected chi connectivity index (χ3v) is 4.68. The number of nitrogens with zero attached hydrogens (tertiary/aromatic N) is 2. The molecule has 2 N–H and O–H groups in total. The quantitative estimate of drug-likeness (QED) is 0.271. The molecule has 0 bridgehead atoms. The molecule has 142 valence electrons. The van der Waals surface area contributed by atoms with Crippen molar-refractivity contribution in [1.29, 1.82) is 0 Å². The highest BCUT2D eigenvalue weighted by molar-refractivity contribution is 14.0. The van der Waals surface area contributed by atoms with Gasteiger partial charge in [0.2, 0.25) is 0 Å². The molecule has 1 fully saturated rings. The first-order chi connectivity index (χ1) is 11.8. The molecule has 1 aliphatic heterocycles. The van der Waals surface area contributed by atoms with Gasteiger partial charge in [0.1, 0.15) is 0 Å². The van der Waals surface area contributed by atoms with Crippen LogP contribution in [0.15, 0.2) is 35.3 Å². The van der Waals surface area contributed by atoms with Crippen molar-refractivity contribution in [3.05, 3.63) is 35.9 Å². The standard InChI is InChI=1S/C20H34N4.HI/c1-3-21-20(22-14-8-12-18-10-6-5-7-11-18)23-16-19-13-9-15-24(4-2)17-19;/h5-7,10-11,19H,3-4,8-9,12-17H2,1-2H3,(H2,21,22,23);1H. The molecule has 25 heavy (non-hydrogen) atoms. The molecule has 0 spiro atoms. The third kappa shape index (κ3) is 8.90. The van der Waals surface area contributed by atoms with Gasteiger partial charge in [-0.25, -0.2) is 0 Å². The summed E-state index contributed by atoms with van der Waals surface area (Å²) in [7, 11) is 0. The number of guanidine groups is 1. The summed E-state index contributed by atoms with van der Waals surface area (Å²) in [5.41, 5.74) is 1.41. The topological polar surface area (TPSA) is 39.7 Å². The number of likely N-dealkylation sites (tertiary alicyclic amines) is 1. The zero-order valence-electron chi connectivity index (χ0n) is 15.8.